The topological polar surface area (TPSA) is 53.4 Å². The number of aromatic nitrogens is 2. The van der Waals surface area contributed by atoms with E-state index in [9.17, 15) is 4.79 Å². The molecule has 6 heteroatoms. The van der Waals surface area contributed by atoms with Gasteiger partial charge in [-0.2, -0.15) is 0 Å². The Morgan fingerprint density at radius 1 is 0.921 bits per heavy atom. The Hall–Kier alpha value is -3.48. The summed E-state index contributed by atoms with van der Waals surface area (Å²) in [6.07, 6.45) is 7.51. The monoisotopic (exact) mass is 509 g/mol. The quantitative estimate of drug-likeness (QED) is 0.369. The molecule has 4 aromatic rings. The number of benzene rings is 2. The van der Waals surface area contributed by atoms with Crippen LogP contribution >= 0.6 is 0 Å². The van der Waals surface area contributed by atoms with Gasteiger partial charge in [-0.3, -0.25) is 19.6 Å². The van der Waals surface area contributed by atoms with Gasteiger partial charge in [-0.15, -0.1) is 0 Å². The maximum atomic E-state index is 13.1. The van der Waals surface area contributed by atoms with Gasteiger partial charge in [-0.1, -0.05) is 48.5 Å². The number of carbonyl (C=O) groups is 1. The van der Waals surface area contributed by atoms with Crippen molar-refractivity contribution in [3.05, 3.63) is 102 Å². The summed E-state index contributed by atoms with van der Waals surface area (Å²) in [7, 11) is 0. The third-order valence-electron chi connectivity index (χ3n) is 7.58. The van der Waals surface area contributed by atoms with Gasteiger partial charge in [0.05, 0.1) is 0 Å². The Labute approximate surface area is 226 Å². The Bertz CT molecular complexity index is 1320. The average Bonchev–Trinajstić information content (AvgIpc) is 3.29. The predicted molar refractivity (Wildman–Crippen MR) is 154 cm³/mol. The molecule has 198 valence electrons. The summed E-state index contributed by atoms with van der Waals surface area (Å²) >= 11 is 0. The lowest BCUT2D eigenvalue weighted by Gasteiger charge is -2.32. The van der Waals surface area contributed by atoms with Crippen LogP contribution in [0, 0.1) is 0 Å². The van der Waals surface area contributed by atoms with Crippen molar-refractivity contribution in [2.75, 3.05) is 26.2 Å². The van der Waals surface area contributed by atoms with E-state index in [0.29, 0.717) is 19.0 Å². The molecule has 1 aliphatic heterocycles. The highest BCUT2D eigenvalue weighted by Crippen LogP contribution is 2.28. The average molecular weight is 510 g/mol. The summed E-state index contributed by atoms with van der Waals surface area (Å²) in [5.74, 6) is 0.108. The van der Waals surface area contributed by atoms with E-state index in [-0.39, 0.29) is 11.9 Å². The molecule has 38 heavy (non-hydrogen) atoms. The van der Waals surface area contributed by atoms with Gasteiger partial charge < -0.3 is 9.88 Å². The van der Waals surface area contributed by atoms with Crippen LogP contribution in [0.4, 0.5) is 0 Å². The van der Waals surface area contributed by atoms with E-state index < -0.39 is 0 Å². The zero-order valence-electron chi connectivity index (χ0n) is 22.6. The van der Waals surface area contributed by atoms with Gasteiger partial charge in [-0.25, -0.2) is 0 Å². The molecule has 1 fully saturated rings. The van der Waals surface area contributed by atoms with Crippen molar-refractivity contribution < 1.29 is 4.79 Å². The number of para-hydroxylation sites is 1. The molecule has 0 aliphatic carbocycles. The van der Waals surface area contributed by atoms with E-state index in [1.54, 1.807) is 0 Å². The summed E-state index contributed by atoms with van der Waals surface area (Å²) in [4.78, 5) is 22.3. The maximum absolute atomic E-state index is 13.1. The number of rotatable bonds is 6. The second-order valence-corrected chi connectivity index (χ2v) is 10.6. The highest BCUT2D eigenvalue weighted by molar-refractivity contribution is 5.84. The van der Waals surface area contributed by atoms with Crippen LogP contribution in [0.15, 0.2) is 85.3 Å². The van der Waals surface area contributed by atoms with Crippen LogP contribution in [0.3, 0.4) is 0 Å². The van der Waals surface area contributed by atoms with Gasteiger partial charge in [-0.05, 0) is 61.7 Å². The highest BCUT2D eigenvalue weighted by atomic mass is 16.1. The molecule has 0 saturated carbocycles. The molecular formula is C32H39N5O. The fraction of sp³-hybridized carbons (Fsp3) is 0.375. The Morgan fingerprint density at radius 2 is 1.68 bits per heavy atom. The van der Waals surface area contributed by atoms with Gasteiger partial charge in [0, 0.05) is 80.7 Å². The SMILES string of the molecule is CC(C)n1cc(CN2CCCN(Cc3ccncc3)C(c3ccccc3)CC(=O)NCC2)c2ccccc21. The lowest BCUT2D eigenvalue weighted by atomic mass is 10.00. The van der Waals surface area contributed by atoms with Crippen LogP contribution in [0.2, 0.25) is 0 Å². The number of hydrogen-bond donors (Lipinski definition) is 1. The molecule has 1 aliphatic rings. The molecular weight excluding hydrogens is 470 g/mol. The first-order valence-electron chi connectivity index (χ1n) is 13.8. The molecule has 3 heterocycles. The molecule has 1 atom stereocenters. The first-order valence-corrected chi connectivity index (χ1v) is 13.8. The molecule has 0 radical (unpaired) electrons. The van der Waals surface area contributed by atoms with E-state index in [1.165, 1.54) is 27.6 Å². The van der Waals surface area contributed by atoms with Crippen LogP contribution in [0.5, 0.6) is 0 Å². The zero-order chi connectivity index (χ0) is 26.3. The van der Waals surface area contributed by atoms with Crippen LogP contribution in [-0.4, -0.2) is 51.4 Å². The van der Waals surface area contributed by atoms with E-state index in [2.05, 4.69) is 105 Å². The summed E-state index contributed by atoms with van der Waals surface area (Å²) < 4.78 is 2.37. The van der Waals surface area contributed by atoms with Gasteiger partial charge in [0.1, 0.15) is 0 Å². The van der Waals surface area contributed by atoms with Crippen LogP contribution < -0.4 is 5.32 Å². The minimum Gasteiger partial charge on any atom is -0.355 e. The summed E-state index contributed by atoms with van der Waals surface area (Å²) in [5, 5.41) is 4.54. The van der Waals surface area contributed by atoms with Crippen molar-refractivity contribution in [1.29, 1.82) is 0 Å². The molecule has 0 bridgehead atoms. The Kier molecular flexibility index (Phi) is 8.51. The number of carbonyl (C=O) groups excluding carboxylic acids is 1. The molecule has 5 rings (SSSR count). The lowest BCUT2D eigenvalue weighted by molar-refractivity contribution is -0.122. The van der Waals surface area contributed by atoms with E-state index >= 15 is 0 Å². The number of amides is 1. The first-order chi connectivity index (χ1) is 18.6. The normalized spacial score (nSPS) is 18.4. The first kappa shape index (κ1) is 26.1. The van der Waals surface area contributed by atoms with E-state index in [0.717, 1.165) is 39.1 Å². The van der Waals surface area contributed by atoms with Crippen molar-refractivity contribution in [1.82, 2.24) is 24.7 Å². The van der Waals surface area contributed by atoms with Gasteiger partial charge in [0.2, 0.25) is 5.91 Å². The van der Waals surface area contributed by atoms with Gasteiger partial charge >= 0.3 is 0 Å². The number of hydrogen-bond acceptors (Lipinski definition) is 4. The van der Waals surface area contributed by atoms with Crippen LogP contribution in [0.25, 0.3) is 10.9 Å². The van der Waals surface area contributed by atoms with Crippen molar-refractivity contribution in [3.8, 4) is 0 Å². The molecule has 2 aromatic heterocycles. The zero-order valence-corrected chi connectivity index (χ0v) is 22.6. The third-order valence-corrected chi connectivity index (χ3v) is 7.58. The molecule has 0 spiro atoms. The number of pyridine rings is 1. The van der Waals surface area contributed by atoms with Crippen molar-refractivity contribution in [2.45, 2.75) is 51.9 Å². The minimum atomic E-state index is 0.0277. The number of nitrogens with one attached hydrogen (secondary N) is 1. The fourth-order valence-corrected chi connectivity index (χ4v) is 5.64. The fourth-order valence-electron chi connectivity index (χ4n) is 5.64. The molecule has 2 aromatic carbocycles. The van der Waals surface area contributed by atoms with Crippen molar-refractivity contribution in [3.63, 3.8) is 0 Å². The predicted octanol–water partition coefficient (Wildman–Crippen LogP) is 5.57. The van der Waals surface area contributed by atoms with Gasteiger partial charge in [0.15, 0.2) is 0 Å². The second kappa shape index (κ2) is 12.4. The van der Waals surface area contributed by atoms with E-state index in [1.807, 2.05) is 18.5 Å². The second-order valence-electron chi connectivity index (χ2n) is 10.6. The Morgan fingerprint density at radius 3 is 2.47 bits per heavy atom. The highest BCUT2D eigenvalue weighted by Gasteiger charge is 2.25. The van der Waals surface area contributed by atoms with Crippen LogP contribution in [-0.2, 0) is 17.9 Å². The van der Waals surface area contributed by atoms with Crippen molar-refractivity contribution >= 4 is 16.8 Å². The smallest absolute Gasteiger partial charge is 0.221 e. The number of fused-ring (bicyclic) bond motifs is 1. The third kappa shape index (κ3) is 6.32. The largest absolute Gasteiger partial charge is 0.355 e. The van der Waals surface area contributed by atoms with E-state index in [4.69, 9.17) is 0 Å². The summed E-state index contributed by atoms with van der Waals surface area (Å²) in [6.45, 7) is 9.53. The van der Waals surface area contributed by atoms with Crippen LogP contribution in [0.1, 0.15) is 55.5 Å². The molecule has 1 saturated heterocycles. The Balaban J connectivity index is 1.38. The van der Waals surface area contributed by atoms with Crippen molar-refractivity contribution in [2.24, 2.45) is 0 Å². The van der Waals surface area contributed by atoms with Gasteiger partial charge in [0.25, 0.3) is 0 Å². The lowest BCUT2D eigenvalue weighted by Crippen LogP contribution is -2.35. The molecule has 1 N–H and O–H groups in total. The molecule has 6 nitrogen and oxygen atoms in total. The molecule has 1 unspecified atom stereocenters. The summed E-state index contributed by atoms with van der Waals surface area (Å²) in [6, 6.07) is 23.7. The standard InChI is InChI=1S/C32H39N5O/c1-25(2)37-24-28(29-11-6-7-12-30(29)37)23-35-18-8-19-36(22-26-13-15-33-16-14-26)31(21-32(38)34-17-20-35)27-9-4-3-5-10-27/h3-7,9-16,24-25,31H,8,17-23H2,1-2H3,(H,34,38). The summed E-state index contributed by atoms with van der Waals surface area (Å²) in [5.41, 5.74) is 5.05. The molecule has 1 amide bonds. The maximum Gasteiger partial charge on any atom is 0.221 e. The number of nitrogens with zero attached hydrogens (tertiary/aromatic N) is 4. The minimum absolute atomic E-state index is 0.0277.